The van der Waals surface area contributed by atoms with Gasteiger partial charge in [0, 0.05) is 24.3 Å². The molecule has 4 nitrogen and oxygen atoms in total. The van der Waals surface area contributed by atoms with Gasteiger partial charge in [-0.05, 0) is 13.0 Å². The molecule has 1 atom stereocenters. The lowest BCUT2D eigenvalue weighted by molar-refractivity contribution is 0.0543. The van der Waals surface area contributed by atoms with Gasteiger partial charge in [0.2, 0.25) is 0 Å². The van der Waals surface area contributed by atoms with Crippen LogP contribution < -0.4 is 10.1 Å². The van der Waals surface area contributed by atoms with Crippen LogP contribution in [0.25, 0.3) is 0 Å². The summed E-state index contributed by atoms with van der Waals surface area (Å²) in [7, 11) is 1.59. The summed E-state index contributed by atoms with van der Waals surface area (Å²) < 4.78 is 5.08. The molecule has 0 saturated carbocycles. The SMILES string of the molecule is COc1cncc(C(C)(O)CNC(C)C)c1. The topological polar surface area (TPSA) is 54.4 Å². The molecule has 0 radical (unpaired) electrons. The number of aromatic nitrogens is 1. The predicted molar refractivity (Wildman–Crippen MR) is 63.5 cm³/mol. The van der Waals surface area contributed by atoms with E-state index < -0.39 is 5.60 Å². The molecule has 0 aliphatic carbocycles. The Morgan fingerprint density at radius 1 is 1.50 bits per heavy atom. The van der Waals surface area contributed by atoms with Crippen molar-refractivity contribution in [2.45, 2.75) is 32.4 Å². The second-order valence-electron chi connectivity index (χ2n) is 4.42. The van der Waals surface area contributed by atoms with Gasteiger partial charge in [-0.25, -0.2) is 0 Å². The maximum atomic E-state index is 10.3. The Bertz CT molecular complexity index is 338. The Hall–Kier alpha value is -1.13. The van der Waals surface area contributed by atoms with Crippen LogP contribution in [0.2, 0.25) is 0 Å². The van der Waals surface area contributed by atoms with Crippen LogP contribution in [-0.4, -0.2) is 29.8 Å². The quantitative estimate of drug-likeness (QED) is 0.791. The smallest absolute Gasteiger partial charge is 0.137 e. The highest BCUT2D eigenvalue weighted by atomic mass is 16.5. The van der Waals surface area contributed by atoms with E-state index in [9.17, 15) is 5.11 Å². The van der Waals surface area contributed by atoms with E-state index in [-0.39, 0.29) is 0 Å². The molecule has 0 aromatic carbocycles. The molecule has 0 amide bonds. The molecule has 90 valence electrons. The largest absolute Gasteiger partial charge is 0.495 e. The minimum absolute atomic E-state index is 0.338. The average molecular weight is 224 g/mol. The fraction of sp³-hybridized carbons (Fsp3) is 0.583. The highest BCUT2D eigenvalue weighted by Crippen LogP contribution is 2.22. The molecule has 1 aromatic rings. The van der Waals surface area contributed by atoms with Crippen molar-refractivity contribution < 1.29 is 9.84 Å². The summed E-state index contributed by atoms with van der Waals surface area (Å²) in [6, 6.07) is 2.14. The summed E-state index contributed by atoms with van der Waals surface area (Å²) >= 11 is 0. The molecule has 0 aliphatic heterocycles. The predicted octanol–water partition coefficient (Wildman–Crippen LogP) is 1.30. The minimum atomic E-state index is -0.939. The van der Waals surface area contributed by atoms with E-state index in [1.54, 1.807) is 32.5 Å². The van der Waals surface area contributed by atoms with Gasteiger partial charge in [0.05, 0.1) is 13.3 Å². The Morgan fingerprint density at radius 2 is 2.19 bits per heavy atom. The van der Waals surface area contributed by atoms with E-state index in [2.05, 4.69) is 10.3 Å². The Kier molecular flexibility index (Phi) is 4.26. The summed E-state index contributed by atoms with van der Waals surface area (Å²) in [5, 5.41) is 13.5. The fourth-order valence-electron chi connectivity index (χ4n) is 1.33. The average Bonchev–Trinajstić information content (AvgIpc) is 2.27. The highest BCUT2D eigenvalue weighted by molar-refractivity contribution is 5.27. The normalized spacial score (nSPS) is 14.9. The number of nitrogens with zero attached hydrogens (tertiary/aromatic N) is 1. The van der Waals surface area contributed by atoms with Gasteiger partial charge in [-0.2, -0.15) is 0 Å². The van der Waals surface area contributed by atoms with Crippen LogP contribution in [0.5, 0.6) is 5.75 Å². The number of aliphatic hydroxyl groups is 1. The summed E-state index contributed by atoms with van der Waals surface area (Å²) in [5.74, 6) is 0.655. The van der Waals surface area contributed by atoms with Crippen LogP contribution in [0.3, 0.4) is 0 Å². The lowest BCUT2D eigenvalue weighted by Crippen LogP contribution is -2.38. The number of pyridine rings is 1. The first kappa shape index (κ1) is 12.9. The van der Waals surface area contributed by atoms with Crippen LogP contribution >= 0.6 is 0 Å². The summed E-state index contributed by atoms with van der Waals surface area (Å²) in [6.07, 6.45) is 3.28. The van der Waals surface area contributed by atoms with Crippen LogP contribution in [-0.2, 0) is 5.60 Å². The lowest BCUT2D eigenvalue weighted by Gasteiger charge is -2.25. The van der Waals surface area contributed by atoms with E-state index in [1.807, 2.05) is 13.8 Å². The second kappa shape index (κ2) is 5.27. The maximum Gasteiger partial charge on any atom is 0.137 e. The van der Waals surface area contributed by atoms with Gasteiger partial charge in [-0.1, -0.05) is 13.8 Å². The minimum Gasteiger partial charge on any atom is -0.495 e. The molecule has 4 heteroatoms. The van der Waals surface area contributed by atoms with Gasteiger partial charge < -0.3 is 15.2 Å². The van der Waals surface area contributed by atoms with Crippen molar-refractivity contribution >= 4 is 0 Å². The molecule has 2 N–H and O–H groups in total. The number of methoxy groups -OCH3 is 1. The third-order valence-electron chi connectivity index (χ3n) is 2.43. The van der Waals surface area contributed by atoms with Gasteiger partial charge in [0.1, 0.15) is 11.4 Å². The number of hydrogen-bond donors (Lipinski definition) is 2. The zero-order chi connectivity index (χ0) is 12.2. The molecule has 1 unspecified atom stereocenters. The number of ether oxygens (including phenoxy) is 1. The molecule has 1 rings (SSSR count). The van der Waals surface area contributed by atoms with Crippen LogP contribution in [0.1, 0.15) is 26.3 Å². The van der Waals surface area contributed by atoms with Crippen LogP contribution in [0.4, 0.5) is 0 Å². The van der Waals surface area contributed by atoms with Crippen molar-refractivity contribution in [3.63, 3.8) is 0 Å². The van der Waals surface area contributed by atoms with E-state index >= 15 is 0 Å². The highest BCUT2D eigenvalue weighted by Gasteiger charge is 2.23. The summed E-state index contributed by atoms with van der Waals surface area (Å²) in [4.78, 5) is 4.04. The van der Waals surface area contributed by atoms with E-state index in [4.69, 9.17) is 4.74 Å². The van der Waals surface area contributed by atoms with E-state index in [0.717, 1.165) is 5.56 Å². The molecule has 1 aromatic heterocycles. The van der Waals surface area contributed by atoms with Crippen molar-refractivity contribution in [3.8, 4) is 5.75 Å². The maximum absolute atomic E-state index is 10.3. The van der Waals surface area contributed by atoms with Gasteiger partial charge >= 0.3 is 0 Å². The van der Waals surface area contributed by atoms with E-state index in [1.165, 1.54) is 0 Å². The van der Waals surface area contributed by atoms with E-state index in [0.29, 0.717) is 18.3 Å². The first-order chi connectivity index (χ1) is 7.45. The van der Waals surface area contributed by atoms with Crippen LogP contribution in [0, 0.1) is 0 Å². The second-order valence-corrected chi connectivity index (χ2v) is 4.42. The summed E-state index contributed by atoms with van der Waals surface area (Å²) in [5.41, 5.74) is -0.189. The summed E-state index contributed by atoms with van der Waals surface area (Å²) in [6.45, 7) is 6.33. The standard InChI is InChI=1S/C12H20N2O2/c1-9(2)14-8-12(3,15)10-5-11(16-4)7-13-6-10/h5-7,9,14-15H,8H2,1-4H3. The molecular formula is C12H20N2O2. The van der Waals surface area contributed by atoms with Gasteiger partial charge in [-0.3, -0.25) is 4.98 Å². The molecule has 1 heterocycles. The molecule has 0 bridgehead atoms. The molecule has 0 fully saturated rings. The first-order valence-corrected chi connectivity index (χ1v) is 5.41. The van der Waals surface area contributed by atoms with Crippen molar-refractivity contribution in [1.82, 2.24) is 10.3 Å². The molecule has 16 heavy (non-hydrogen) atoms. The van der Waals surface area contributed by atoms with Gasteiger partial charge in [0.15, 0.2) is 0 Å². The lowest BCUT2D eigenvalue weighted by atomic mass is 9.97. The van der Waals surface area contributed by atoms with Crippen LogP contribution in [0.15, 0.2) is 18.5 Å². The Morgan fingerprint density at radius 3 is 2.75 bits per heavy atom. The van der Waals surface area contributed by atoms with Crippen molar-refractivity contribution in [2.24, 2.45) is 0 Å². The number of hydrogen-bond acceptors (Lipinski definition) is 4. The van der Waals surface area contributed by atoms with Crippen molar-refractivity contribution in [3.05, 3.63) is 24.0 Å². The molecule has 0 spiro atoms. The van der Waals surface area contributed by atoms with Gasteiger partial charge in [-0.15, -0.1) is 0 Å². The van der Waals surface area contributed by atoms with Crippen molar-refractivity contribution in [1.29, 1.82) is 0 Å². The first-order valence-electron chi connectivity index (χ1n) is 5.41. The zero-order valence-corrected chi connectivity index (χ0v) is 10.3. The number of rotatable bonds is 5. The molecular weight excluding hydrogens is 204 g/mol. The zero-order valence-electron chi connectivity index (χ0n) is 10.3. The fourth-order valence-corrected chi connectivity index (χ4v) is 1.33. The Balaban J connectivity index is 2.79. The molecule has 0 saturated heterocycles. The molecule has 0 aliphatic rings. The third kappa shape index (κ3) is 3.47. The van der Waals surface area contributed by atoms with Gasteiger partial charge in [0.25, 0.3) is 0 Å². The number of nitrogens with one attached hydrogen (secondary N) is 1. The Labute approximate surface area is 96.7 Å². The monoisotopic (exact) mass is 224 g/mol. The van der Waals surface area contributed by atoms with Crippen molar-refractivity contribution in [2.75, 3.05) is 13.7 Å². The third-order valence-corrected chi connectivity index (χ3v) is 2.43.